The minimum absolute atomic E-state index is 0.0517. The zero-order chi connectivity index (χ0) is 16.8. The molecule has 2 aromatic rings. The van der Waals surface area contributed by atoms with Crippen LogP contribution >= 0.6 is 0 Å². The number of benzene rings is 2. The molecule has 1 N–H and O–H groups in total. The standard InChI is InChI=1S/C15H12N4O4/c1-2-13(11-6-4-3-5-7-11)16-17-14-9-8-12(18(20)21)10-15(14)19(22)23/h2-10,17H,1H2/b16-13+. The lowest BCUT2D eigenvalue weighted by Gasteiger charge is -2.05. The van der Waals surface area contributed by atoms with Gasteiger partial charge < -0.3 is 0 Å². The Morgan fingerprint density at radius 3 is 2.35 bits per heavy atom. The van der Waals surface area contributed by atoms with Gasteiger partial charge in [0, 0.05) is 11.6 Å². The van der Waals surface area contributed by atoms with Crippen LogP contribution in [0.1, 0.15) is 5.56 Å². The molecule has 2 rings (SSSR count). The smallest absolute Gasteiger partial charge is 0.271 e. The number of nitro benzene ring substituents is 2. The number of anilines is 1. The molecule has 0 spiro atoms. The third kappa shape index (κ3) is 3.76. The first-order valence-electron chi connectivity index (χ1n) is 6.47. The van der Waals surface area contributed by atoms with Crippen LogP contribution in [-0.2, 0) is 0 Å². The Balaban J connectivity index is 2.35. The zero-order valence-electron chi connectivity index (χ0n) is 11.9. The molecule has 0 heterocycles. The van der Waals surface area contributed by atoms with Crippen LogP contribution in [0.2, 0.25) is 0 Å². The van der Waals surface area contributed by atoms with Gasteiger partial charge in [0.2, 0.25) is 0 Å². The van der Waals surface area contributed by atoms with Crippen LogP contribution in [0.4, 0.5) is 17.1 Å². The Bertz CT molecular complexity index is 787. The Morgan fingerprint density at radius 1 is 1.09 bits per heavy atom. The maximum Gasteiger partial charge on any atom is 0.301 e. The average Bonchev–Trinajstić information content (AvgIpc) is 2.56. The van der Waals surface area contributed by atoms with Crippen molar-refractivity contribution < 1.29 is 9.85 Å². The Labute approximate surface area is 131 Å². The van der Waals surface area contributed by atoms with Gasteiger partial charge in [0.25, 0.3) is 5.69 Å². The topological polar surface area (TPSA) is 111 Å². The number of nitrogens with zero attached hydrogens (tertiary/aromatic N) is 3. The number of nitrogens with one attached hydrogen (secondary N) is 1. The van der Waals surface area contributed by atoms with Gasteiger partial charge in [0.15, 0.2) is 0 Å². The van der Waals surface area contributed by atoms with Crippen molar-refractivity contribution >= 4 is 22.8 Å². The summed E-state index contributed by atoms with van der Waals surface area (Å²) < 4.78 is 0. The third-order valence-corrected chi connectivity index (χ3v) is 2.95. The molecule has 0 saturated carbocycles. The quantitative estimate of drug-likeness (QED) is 0.498. The van der Waals surface area contributed by atoms with E-state index in [1.807, 2.05) is 30.3 Å². The number of hydrogen-bond donors (Lipinski definition) is 1. The van der Waals surface area contributed by atoms with E-state index in [1.165, 1.54) is 18.2 Å². The van der Waals surface area contributed by atoms with Gasteiger partial charge in [-0.05, 0) is 12.1 Å². The van der Waals surface area contributed by atoms with Crippen molar-refractivity contribution in [2.75, 3.05) is 5.43 Å². The second kappa shape index (κ2) is 6.94. The molecule has 23 heavy (non-hydrogen) atoms. The van der Waals surface area contributed by atoms with Crippen molar-refractivity contribution in [3.63, 3.8) is 0 Å². The average molecular weight is 312 g/mol. The van der Waals surface area contributed by atoms with Gasteiger partial charge >= 0.3 is 5.69 Å². The highest BCUT2D eigenvalue weighted by atomic mass is 16.6. The number of non-ortho nitro benzene ring substituents is 1. The van der Waals surface area contributed by atoms with Crippen molar-refractivity contribution in [1.29, 1.82) is 0 Å². The van der Waals surface area contributed by atoms with Crippen molar-refractivity contribution in [3.8, 4) is 0 Å². The Hall–Kier alpha value is -3.55. The van der Waals surface area contributed by atoms with Gasteiger partial charge in [0.05, 0.1) is 21.6 Å². The summed E-state index contributed by atoms with van der Waals surface area (Å²) in [6.07, 6.45) is 1.50. The molecular formula is C15H12N4O4. The predicted octanol–water partition coefficient (Wildman–Crippen LogP) is 3.51. The molecule has 0 amide bonds. The van der Waals surface area contributed by atoms with Gasteiger partial charge in [-0.3, -0.25) is 25.7 Å². The molecule has 2 aromatic carbocycles. The predicted molar refractivity (Wildman–Crippen MR) is 86.5 cm³/mol. The molecule has 0 aliphatic rings. The highest BCUT2D eigenvalue weighted by Gasteiger charge is 2.19. The van der Waals surface area contributed by atoms with Crippen molar-refractivity contribution in [3.05, 3.63) is 87.0 Å². The summed E-state index contributed by atoms with van der Waals surface area (Å²) in [7, 11) is 0. The summed E-state index contributed by atoms with van der Waals surface area (Å²) in [5.41, 5.74) is 3.08. The fraction of sp³-hybridized carbons (Fsp3) is 0. The second-order valence-corrected chi connectivity index (χ2v) is 4.39. The van der Waals surface area contributed by atoms with Crippen molar-refractivity contribution in [2.45, 2.75) is 0 Å². The number of rotatable bonds is 6. The van der Waals surface area contributed by atoms with Crippen LogP contribution in [0.5, 0.6) is 0 Å². The fourth-order valence-electron chi connectivity index (χ4n) is 1.84. The van der Waals surface area contributed by atoms with Gasteiger partial charge in [-0.2, -0.15) is 5.10 Å². The third-order valence-electron chi connectivity index (χ3n) is 2.95. The van der Waals surface area contributed by atoms with E-state index in [0.29, 0.717) is 5.71 Å². The molecule has 0 aliphatic heterocycles. The van der Waals surface area contributed by atoms with E-state index < -0.39 is 15.5 Å². The SMILES string of the molecule is C=C/C(=N\Nc1ccc([N+](=O)[O-])cc1[N+](=O)[O-])c1ccccc1. The molecule has 0 aromatic heterocycles. The Morgan fingerprint density at radius 2 is 1.78 bits per heavy atom. The van der Waals surface area contributed by atoms with Gasteiger partial charge in [-0.15, -0.1) is 0 Å². The molecule has 8 nitrogen and oxygen atoms in total. The van der Waals surface area contributed by atoms with E-state index in [4.69, 9.17) is 0 Å². The minimum atomic E-state index is -0.707. The fourth-order valence-corrected chi connectivity index (χ4v) is 1.84. The summed E-state index contributed by atoms with van der Waals surface area (Å²) >= 11 is 0. The second-order valence-electron chi connectivity index (χ2n) is 4.39. The maximum atomic E-state index is 11.1. The number of nitro groups is 2. The number of allylic oxidation sites excluding steroid dienone is 1. The maximum absolute atomic E-state index is 11.1. The van der Waals surface area contributed by atoms with E-state index in [1.54, 1.807) is 0 Å². The molecule has 0 atom stereocenters. The van der Waals surface area contributed by atoms with Crippen LogP contribution < -0.4 is 5.43 Å². The number of hydrogen-bond acceptors (Lipinski definition) is 6. The van der Waals surface area contributed by atoms with Crippen LogP contribution in [0.25, 0.3) is 0 Å². The van der Waals surface area contributed by atoms with Gasteiger partial charge in [0.1, 0.15) is 5.69 Å². The van der Waals surface area contributed by atoms with Crippen molar-refractivity contribution in [1.82, 2.24) is 0 Å². The van der Waals surface area contributed by atoms with E-state index in [9.17, 15) is 20.2 Å². The van der Waals surface area contributed by atoms with Crippen molar-refractivity contribution in [2.24, 2.45) is 5.10 Å². The monoisotopic (exact) mass is 312 g/mol. The molecule has 0 unspecified atom stereocenters. The molecule has 0 fully saturated rings. The van der Waals surface area contributed by atoms with Crippen LogP contribution in [0, 0.1) is 20.2 Å². The summed E-state index contributed by atoms with van der Waals surface area (Å²) in [5.74, 6) is 0. The highest BCUT2D eigenvalue weighted by Crippen LogP contribution is 2.29. The molecule has 116 valence electrons. The van der Waals surface area contributed by atoms with E-state index in [0.717, 1.165) is 11.6 Å². The van der Waals surface area contributed by atoms with Gasteiger partial charge in [-0.25, -0.2) is 0 Å². The van der Waals surface area contributed by atoms with Crippen LogP contribution in [-0.4, -0.2) is 15.6 Å². The lowest BCUT2D eigenvalue weighted by atomic mass is 10.1. The summed E-state index contributed by atoms with van der Waals surface area (Å²) in [6.45, 7) is 3.65. The van der Waals surface area contributed by atoms with E-state index in [-0.39, 0.29) is 11.4 Å². The largest absolute Gasteiger partial charge is 0.301 e. The van der Waals surface area contributed by atoms with E-state index in [2.05, 4.69) is 17.1 Å². The molecular weight excluding hydrogens is 300 g/mol. The van der Waals surface area contributed by atoms with Crippen LogP contribution in [0.15, 0.2) is 66.3 Å². The molecule has 0 saturated heterocycles. The summed E-state index contributed by atoms with van der Waals surface area (Å²) in [4.78, 5) is 20.4. The zero-order valence-corrected chi connectivity index (χ0v) is 11.9. The molecule has 0 aliphatic carbocycles. The summed E-state index contributed by atoms with van der Waals surface area (Å²) in [6, 6.07) is 12.4. The lowest BCUT2D eigenvalue weighted by molar-refractivity contribution is -0.393. The first-order valence-corrected chi connectivity index (χ1v) is 6.47. The lowest BCUT2D eigenvalue weighted by Crippen LogP contribution is -2.03. The molecule has 8 heteroatoms. The normalized spacial score (nSPS) is 10.9. The minimum Gasteiger partial charge on any atom is -0.271 e. The first kappa shape index (κ1) is 15.8. The highest BCUT2D eigenvalue weighted by molar-refractivity contribution is 6.08. The number of hydrazone groups is 1. The summed E-state index contributed by atoms with van der Waals surface area (Å²) in [5, 5.41) is 25.8. The first-order chi connectivity index (χ1) is 11.0. The Kier molecular flexibility index (Phi) is 4.78. The van der Waals surface area contributed by atoms with Gasteiger partial charge in [-0.1, -0.05) is 36.9 Å². The molecule has 0 bridgehead atoms. The van der Waals surface area contributed by atoms with E-state index >= 15 is 0 Å². The van der Waals surface area contributed by atoms with Crippen LogP contribution in [0.3, 0.4) is 0 Å². The molecule has 0 radical (unpaired) electrons.